The lowest BCUT2D eigenvalue weighted by molar-refractivity contribution is -0.140. The number of aromatic nitrogens is 3. The van der Waals surface area contributed by atoms with E-state index in [-0.39, 0.29) is 28.1 Å². The Morgan fingerprint density at radius 2 is 1.83 bits per heavy atom. The molecule has 1 saturated heterocycles. The van der Waals surface area contributed by atoms with Crippen molar-refractivity contribution in [3.05, 3.63) is 58.5 Å². The molecular weight excluding hydrogens is 403 g/mol. The minimum Gasteiger partial charge on any atom is -0.351 e. The number of fused-ring (bicyclic) bond motifs is 1. The highest BCUT2D eigenvalue weighted by Crippen LogP contribution is 2.28. The molecule has 1 aliphatic rings. The van der Waals surface area contributed by atoms with E-state index in [4.69, 9.17) is 4.52 Å². The van der Waals surface area contributed by atoms with Crippen LogP contribution < -0.4 is 5.56 Å². The highest BCUT2D eigenvalue weighted by atomic mass is 19.4. The van der Waals surface area contributed by atoms with Gasteiger partial charge in [0.15, 0.2) is 0 Å². The van der Waals surface area contributed by atoms with Crippen molar-refractivity contribution in [2.45, 2.75) is 12.7 Å². The standard InChI is InChI=1S/C19H18F3N5O3/c20-19(21,22)16-2-1-13-14(24-16)4-6-26(17(13)28)10-7-25-8-11-27(12-9-25)18(29)15-3-5-23-30-15/h1-6H,7-12H2. The van der Waals surface area contributed by atoms with Crippen LogP contribution in [-0.4, -0.2) is 63.1 Å². The van der Waals surface area contributed by atoms with Crippen molar-refractivity contribution in [3.63, 3.8) is 0 Å². The van der Waals surface area contributed by atoms with Crippen LogP contribution in [0.25, 0.3) is 10.9 Å². The number of halogens is 3. The quantitative estimate of drug-likeness (QED) is 0.640. The summed E-state index contributed by atoms with van der Waals surface area (Å²) in [6.45, 7) is 3.28. The molecule has 0 saturated carbocycles. The van der Waals surface area contributed by atoms with Gasteiger partial charge in [-0.2, -0.15) is 13.2 Å². The number of piperazine rings is 1. The molecule has 0 atom stereocenters. The van der Waals surface area contributed by atoms with Crippen molar-refractivity contribution >= 4 is 16.8 Å². The molecule has 4 heterocycles. The van der Waals surface area contributed by atoms with Gasteiger partial charge in [0.05, 0.1) is 17.1 Å². The largest absolute Gasteiger partial charge is 0.433 e. The minimum atomic E-state index is -4.56. The van der Waals surface area contributed by atoms with Crippen molar-refractivity contribution < 1.29 is 22.5 Å². The Kier molecular flexibility index (Phi) is 5.29. The first-order chi connectivity index (χ1) is 14.3. The van der Waals surface area contributed by atoms with Crippen LogP contribution in [0.5, 0.6) is 0 Å². The van der Waals surface area contributed by atoms with E-state index in [1.165, 1.54) is 29.1 Å². The minimum absolute atomic E-state index is 0.0191. The Labute approximate surface area is 168 Å². The summed E-state index contributed by atoms with van der Waals surface area (Å²) in [6, 6.07) is 4.92. The summed E-state index contributed by atoms with van der Waals surface area (Å²) in [6.07, 6.45) is -1.67. The maximum absolute atomic E-state index is 12.8. The zero-order valence-electron chi connectivity index (χ0n) is 15.8. The molecule has 3 aromatic heterocycles. The molecular formula is C19H18F3N5O3. The summed E-state index contributed by atoms with van der Waals surface area (Å²) >= 11 is 0. The summed E-state index contributed by atoms with van der Waals surface area (Å²) in [7, 11) is 0. The molecule has 30 heavy (non-hydrogen) atoms. The second kappa shape index (κ2) is 7.90. The van der Waals surface area contributed by atoms with Gasteiger partial charge in [0.25, 0.3) is 11.5 Å². The van der Waals surface area contributed by atoms with Crippen LogP contribution in [-0.2, 0) is 12.7 Å². The molecule has 158 valence electrons. The molecule has 0 spiro atoms. The van der Waals surface area contributed by atoms with Gasteiger partial charge in [0, 0.05) is 51.5 Å². The van der Waals surface area contributed by atoms with Crippen LogP contribution in [0.1, 0.15) is 16.2 Å². The number of nitrogens with zero attached hydrogens (tertiary/aromatic N) is 5. The summed E-state index contributed by atoms with van der Waals surface area (Å²) in [4.78, 5) is 32.2. The predicted molar refractivity (Wildman–Crippen MR) is 99.9 cm³/mol. The summed E-state index contributed by atoms with van der Waals surface area (Å²) in [5.41, 5.74) is -1.39. The molecule has 3 aromatic rings. The molecule has 0 radical (unpaired) electrons. The maximum atomic E-state index is 12.8. The molecule has 0 aromatic carbocycles. The summed E-state index contributed by atoms with van der Waals surface area (Å²) in [5.74, 6) is -0.00270. The van der Waals surface area contributed by atoms with Gasteiger partial charge in [-0.1, -0.05) is 5.16 Å². The van der Waals surface area contributed by atoms with Crippen LogP contribution in [0, 0.1) is 0 Å². The first kappa shape index (κ1) is 20.1. The van der Waals surface area contributed by atoms with Gasteiger partial charge in [-0.05, 0) is 18.2 Å². The van der Waals surface area contributed by atoms with Gasteiger partial charge in [-0.3, -0.25) is 14.5 Å². The first-order valence-corrected chi connectivity index (χ1v) is 9.32. The van der Waals surface area contributed by atoms with Crippen LogP contribution in [0.4, 0.5) is 13.2 Å². The van der Waals surface area contributed by atoms with E-state index in [1.54, 1.807) is 4.90 Å². The fourth-order valence-electron chi connectivity index (χ4n) is 3.41. The van der Waals surface area contributed by atoms with Crippen molar-refractivity contribution in [2.75, 3.05) is 32.7 Å². The Morgan fingerprint density at radius 1 is 1.07 bits per heavy atom. The van der Waals surface area contributed by atoms with E-state index in [2.05, 4.69) is 15.0 Å². The topological polar surface area (TPSA) is 84.5 Å². The Bertz CT molecular complexity index is 1100. The monoisotopic (exact) mass is 421 g/mol. The lowest BCUT2D eigenvalue weighted by atomic mass is 10.2. The van der Waals surface area contributed by atoms with Gasteiger partial charge in [0.1, 0.15) is 5.69 Å². The number of carbonyl (C=O) groups is 1. The fraction of sp³-hybridized carbons (Fsp3) is 0.368. The second-order valence-corrected chi connectivity index (χ2v) is 6.95. The number of amides is 1. The molecule has 1 aliphatic heterocycles. The first-order valence-electron chi connectivity index (χ1n) is 9.32. The highest BCUT2D eigenvalue weighted by Gasteiger charge is 2.32. The van der Waals surface area contributed by atoms with E-state index < -0.39 is 11.9 Å². The Balaban J connectivity index is 1.38. The van der Waals surface area contributed by atoms with Crippen LogP contribution in [0.2, 0.25) is 0 Å². The van der Waals surface area contributed by atoms with Crippen molar-refractivity contribution in [1.82, 2.24) is 24.5 Å². The third-order valence-electron chi connectivity index (χ3n) is 5.08. The van der Waals surface area contributed by atoms with E-state index in [1.807, 2.05) is 0 Å². The zero-order valence-corrected chi connectivity index (χ0v) is 15.8. The van der Waals surface area contributed by atoms with Crippen molar-refractivity contribution in [2.24, 2.45) is 0 Å². The predicted octanol–water partition coefficient (Wildman–Crippen LogP) is 1.86. The number of rotatable bonds is 4. The number of hydrogen-bond acceptors (Lipinski definition) is 6. The highest BCUT2D eigenvalue weighted by molar-refractivity contribution is 5.91. The Hall–Kier alpha value is -3.21. The average Bonchev–Trinajstić information content (AvgIpc) is 3.27. The van der Waals surface area contributed by atoms with E-state index in [0.717, 1.165) is 12.1 Å². The summed E-state index contributed by atoms with van der Waals surface area (Å²) in [5, 5.41) is 3.68. The molecule has 0 bridgehead atoms. The third kappa shape index (κ3) is 4.06. The van der Waals surface area contributed by atoms with E-state index >= 15 is 0 Å². The molecule has 0 aliphatic carbocycles. The summed E-state index contributed by atoms with van der Waals surface area (Å²) < 4.78 is 44.7. The van der Waals surface area contributed by atoms with Gasteiger partial charge >= 0.3 is 6.18 Å². The number of pyridine rings is 2. The van der Waals surface area contributed by atoms with Gasteiger partial charge in [-0.25, -0.2) is 4.98 Å². The number of carbonyl (C=O) groups excluding carboxylic acids is 1. The van der Waals surface area contributed by atoms with Crippen molar-refractivity contribution in [1.29, 1.82) is 0 Å². The smallest absolute Gasteiger partial charge is 0.351 e. The van der Waals surface area contributed by atoms with Gasteiger partial charge in [0.2, 0.25) is 5.76 Å². The number of alkyl halides is 3. The molecule has 1 fully saturated rings. The Morgan fingerprint density at radius 3 is 2.50 bits per heavy atom. The van der Waals surface area contributed by atoms with Gasteiger partial charge < -0.3 is 14.0 Å². The molecule has 0 N–H and O–H groups in total. The number of hydrogen-bond donors (Lipinski definition) is 0. The van der Waals surface area contributed by atoms with Crippen molar-refractivity contribution in [3.8, 4) is 0 Å². The molecule has 0 unspecified atom stereocenters. The van der Waals surface area contributed by atoms with E-state index in [9.17, 15) is 22.8 Å². The maximum Gasteiger partial charge on any atom is 0.433 e. The fourth-order valence-corrected chi connectivity index (χ4v) is 3.41. The zero-order chi connectivity index (χ0) is 21.3. The second-order valence-electron chi connectivity index (χ2n) is 6.95. The molecule has 8 nitrogen and oxygen atoms in total. The molecule has 4 rings (SSSR count). The third-order valence-corrected chi connectivity index (χ3v) is 5.08. The lowest BCUT2D eigenvalue weighted by Crippen LogP contribution is -2.49. The van der Waals surface area contributed by atoms with Gasteiger partial charge in [-0.15, -0.1) is 0 Å². The SMILES string of the molecule is O=C(c1ccno1)N1CCN(CCn2ccc3nc(C(F)(F)F)ccc3c2=O)CC1. The van der Waals surface area contributed by atoms with Crippen LogP contribution in [0.3, 0.4) is 0 Å². The molecule has 1 amide bonds. The average molecular weight is 421 g/mol. The molecule has 11 heteroatoms. The normalized spacial score (nSPS) is 15.6. The van der Waals surface area contributed by atoms with Crippen LogP contribution >= 0.6 is 0 Å². The van der Waals surface area contributed by atoms with E-state index in [0.29, 0.717) is 39.3 Å². The lowest BCUT2D eigenvalue weighted by Gasteiger charge is -2.34. The van der Waals surface area contributed by atoms with Crippen LogP contribution in [0.15, 0.2) is 46.0 Å².